The van der Waals surface area contributed by atoms with E-state index >= 15 is 0 Å². The standard InChI is InChI=1S/C23H26FN3O3/c24-17-8-10-18(11-9-17)25-12-4-13-26(16-15-25)23(30)20-6-3-14-27(20)22(29)19-5-1-2-7-21(19)28/h1-2,5,7-11,20,28H,3-4,6,12-16H2. The average molecular weight is 411 g/mol. The van der Waals surface area contributed by atoms with E-state index in [9.17, 15) is 19.1 Å². The van der Waals surface area contributed by atoms with Gasteiger partial charge in [0.25, 0.3) is 5.91 Å². The van der Waals surface area contributed by atoms with Crippen molar-refractivity contribution in [1.29, 1.82) is 0 Å². The normalized spacial score (nSPS) is 19.6. The maximum absolute atomic E-state index is 13.3. The minimum absolute atomic E-state index is 0.0303. The van der Waals surface area contributed by atoms with Crippen LogP contribution in [0.25, 0.3) is 0 Å². The van der Waals surface area contributed by atoms with E-state index in [0.29, 0.717) is 32.6 Å². The van der Waals surface area contributed by atoms with Crippen LogP contribution >= 0.6 is 0 Å². The molecule has 2 aromatic carbocycles. The van der Waals surface area contributed by atoms with Gasteiger partial charge in [-0.2, -0.15) is 0 Å². The Balaban J connectivity index is 1.44. The third kappa shape index (κ3) is 4.10. The summed E-state index contributed by atoms with van der Waals surface area (Å²) in [6, 6.07) is 12.4. The Hall–Kier alpha value is -3.09. The van der Waals surface area contributed by atoms with Crippen LogP contribution in [0.1, 0.15) is 29.6 Å². The quantitative estimate of drug-likeness (QED) is 0.844. The monoisotopic (exact) mass is 411 g/mol. The molecule has 0 saturated carbocycles. The maximum Gasteiger partial charge on any atom is 0.258 e. The average Bonchev–Trinajstić information content (AvgIpc) is 3.11. The van der Waals surface area contributed by atoms with E-state index in [0.717, 1.165) is 25.1 Å². The molecule has 7 heteroatoms. The van der Waals surface area contributed by atoms with Crippen LogP contribution in [-0.2, 0) is 4.79 Å². The van der Waals surface area contributed by atoms with Crippen molar-refractivity contribution in [2.24, 2.45) is 0 Å². The van der Waals surface area contributed by atoms with Crippen molar-refractivity contribution in [2.45, 2.75) is 25.3 Å². The van der Waals surface area contributed by atoms with Crippen LogP contribution < -0.4 is 4.90 Å². The van der Waals surface area contributed by atoms with Gasteiger partial charge in [-0.05, 0) is 55.7 Å². The predicted molar refractivity (Wildman–Crippen MR) is 112 cm³/mol. The molecular formula is C23H26FN3O3. The summed E-state index contributed by atoms with van der Waals surface area (Å²) >= 11 is 0. The lowest BCUT2D eigenvalue weighted by molar-refractivity contribution is -0.135. The Morgan fingerprint density at radius 3 is 2.43 bits per heavy atom. The molecule has 4 rings (SSSR count). The van der Waals surface area contributed by atoms with Gasteiger partial charge in [0.05, 0.1) is 5.56 Å². The first-order valence-electron chi connectivity index (χ1n) is 10.4. The molecule has 2 aromatic rings. The Morgan fingerprint density at radius 1 is 0.900 bits per heavy atom. The number of carbonyl (C=O) groups excluding carboxylic acids is 2. The molecule has 30 heavy (non-hydrogen) atoms. The Morgan fingerprint density at radius 2 is 1.67 bits per heavy atom. The number of rotatable bonds is 3. The number of hydrogen-bond acceptors (Lipinski definition) is 4. The number of likely N-dealkylation sites (tertiary alicyclic amines) is 1. The molecule has 158 valence electrons. The molecule has 0 bridgehead atoms. The molecule has 2 amide bonds. The number of nitrogens with zero attached hydrogens (tertiary/aromatic N) is 3. The van der Waals surface area contributed by atoms with Gasteiger partial charge in [-0.15, -0.1) is 0 Å². The number of anilines is 1. The van der Waals surface area contributed by atoms with Gasteiger partial charge < -0.3 is 19.8 Å². The first kappa shape index (κ1) is 20.2. The van der Waals surface area contributed by atoms with Gasteiger partial charge in [-0.3, -0.25) is 9.59 Å². The summed E-state index contributed by atoms with van der Waals surface area (Å²) in [4.78, 5) is 31.8. The molecular weight excluding hydrogens is 385 g/mol. The Bertz CT molecular complexity index is 918. The predicted octanol–water partition coefficient (Wildman–Crippen LogP) is 2.87. The minimum Gasteiger partial charge on any atom is -0.507 e. The number of halogens is 1. The van der Waals surface area contributed by atoms with Gasteiger partial charge in [0.1, 0.15) is 17.6 Å². The van der Waals surface area contributed by atoms with Crippen LogP contribution in [0, 0.1) is 5.82 Å². The van der Waals surface area contributed by atoms with Crippen LogP contribution in [0.3, 0.4) is 0 Å². The fraction of sp³-hybridized carbons (Fsp3) is 0.391. The van der Waals surface area contributed by atoms with E-state index in [1.807, 2.05) is 4.90 Å². The third-order valence-corrected chi connectivity index (χ3v) is 5.93. The highest BCUT2D eigenvalue weighted by molar-refractivity contribution is 5.99. The minimum atomic E-state index is -0.491. The van der Waals surface area contributed by atoms with Crippen LogP contribution in [0.5, 0.6) is 5.75 Å². The maximum atomic E-state index is 13.3. The molecule has 2 aliphatic rings. The van der Waals surface area contributed by atoms with E-state index in [-0.39, 0.29) is 28.9 Å². The molecule has 1 N–H and O–H groups in total. The summed E-state index contributed by atoms with van der Waals surface area (Å²) in [6.45, 7) is 3.16. The SMILES string of the molecule is O=C(C1CCCN1C(=O)c1ccccc1O)N1CCCN(c2ccc(F)cc2)CC1. The Labute approximate surface area is 175 Å². The summed E-state index contributed by atoms with van der Waals surface area (Å²) in [7, 11) is 0. The molecule has 2 fully saturated rings. The van der Waals surface area contributed by atoms with Gasteiger partial charge in [0.2, 0.25) is 5.91 Å². The van der Waals surface area contributed by atoms with Crippen molar-refractivity contribution in [3.05, 3.63) is 59.9 Å². The number of phenols is 1. The lowest BCUT2D eigenvalue weighted by Crippen LogP contribution is -2.48. The summed E-state index contributed by atoms with van der Waals surface area (Å²) in [5.41, 5.74) is 1.18. The summed E-state index contributed by atoms with van der Waals surface area (Å²) in [5, 5.41) is 10.0. The summed E-state index contributed by atoms with van der Waals surface area (Å²) in [6.07, 6.45) is 2.21. The molecule has 0 aliphatic carbocycles. The van der Waals surface area contributed by atoms with Crippen molar-refractivity contribution in [3.8, 4) is 5.75 Å². The van der Waals surface area contributed by atoms with Gasteiger partial charge in [0.15, 0.2) is 0 Å². The van der Waals surface area contributed by atoms with E-state index in [4.69, 9.17) is 0 Å². The largest absolute Gasteiger partial charge is 0.507 e. The van der Waals surface area contributed by atoms with E-state index in [2.05, 4.69) is 4.90 Å². The van der Waals surface area contributed by atoms with Gasteiger partial charge in [0, 0.05) is 38.4 Å². The van der Waals surface area contributed by atoms with Gasteiger partial charge >= 0.3 is 0 Å². The Kier molecular flexibility index (Phi) is 5.88. The number of benzene rings is 2. The lowest BCUT2D eigenvalue weighted by Gasteiger charge is -2.30. The van der Waals surface area contributed by atoms with Gasteiger partial charge in [-0.1, -0.05) is 12.1 Å². The zero-order valence-electron chi connectivity index (χ0n) is 16.8. The molecule has 0 aromatic heterocycles. The van der Waals surface area contributed by atoms with E-state index in [1.165, 1.54) is 18.2 Å². The zero-order chi connectivity index (χ0) is 21.1. The molecule has 6 nitrogen and oxygen atoms in total. The van der Waals surface area contributed by atoms with Crippen LogP contribution in [0.15, 0.2) is 48.5 Å². The van der Waals surface area contributed by atoms with Crippen LogP contribution in [-0.4, -0.2) is 65.5 Å². The number of para-hydroxylation sites is 1. The van der Waals surface area contributed by atoms with Gasteiger partial charge in [-0.25, -0.2) is 4.39 Å². The molecule has 2 heterocycles. The second-order valence-electron chi connectivity index (χ2n) is 7.82. The lowest BCUT2D eigenvalue weighted by atomic mass is 10.1. The van der Waals surface area contributed by atoms with Crippen molar-refractivity contribution in [2.75, 3.05) is 37.6 Å². The number of phenolic OH excluding ortho intramolecular Hbond substituents is 1. The first-order chi connectivity index (χ1) is 14.5. The summed E-state index contributed by atoms with van der Waals surface area (Å²) in [5.74, 6) is -0.657. The van der Waals surface area contributed by atoms with Crippen molar-refractivity contribution in [1.82, 2.24) is 9.80 Å². The number of aromatic hydroxyl groups is 1. The second kappa shape index (κ2) is 8.73. The molecule has 2 saturated heterocycles. The van der Waals surface area contributed by atoms with Crippen molar-refractivity contribution in [3.63, 3.8) is 0 Å². The number of hydrogen-bond donors (Lipinski definition) is 1. The zero-order valence-corrected chi connectivity index (χ0v) is 16.8. The van der Waals surface area contributed by atoms with Crippen molar-refractivity contribution < 1.29 is 19.1 Å². The highest BCUT2D eigenvalue weighted by atomic mass is 19.1. The molecule has 1 atom stereocenters. The fourth-order valence-electron chi connectivity index (χ4n) is 4.33. The second-order valence-corrected chi connectivity index (χ2v) is 7.82. The molecule has 0 radical (unpaired) electrons. The first-order valence-corrected chi connectivity index (χ1v) is 10.4. The topological polar surface area (TPSA) is 64.1 Å². The van der Waals surface area contributed by atoms with E-state index < -0.39 is 6.04 Å². The number of amides is 2. The smallest absolute Gasteiger partial charge is 0.258 e. The highest BCUT2D eigenvalue weighted by Gasteiger charge is 2.37. The molecule has 0 spiro atoms. The fourth-order valence-corrected chi connectivity index (χ4v) is 4.33. The summed E-state index contributed by atoms with van der Waals surface area (Å²) < 4.78 is 13.2. The van der Waals surface area contributed by atoms with Crippen LogP contribution in [0.4, 0.5) is 10.1 Å². The van der Waals surface area contributed by atoms with E-state index in [1.54, 1.807) is 35.2 Å². The number of carbonyl (C=O) groups is 2. The van der Waals surface area contributed by atoms with Crippen LogP contribution in [0.2, 0.25) is 0 Å². The highest BCUT2D eigenvalue weighted by Crippen LogP contribution is 2.26. The molecule has 2 aliphatic heterocycles. The van der Waals surface area contributed by atoms with Crippen molar-refractivity contribution >= 4 is 17.5 Å². The third-order valence-electron chi connectivity index (χ3n) is 5.93. The molecule has 1 unspecified atom stereocenters.